The van der Waals surface area contributed by atoms with Crippen molar-refractivity contribution in [3.05, 3.63) is 21.7 Å². The Morgan fingerprint density at radius 3 is 2.95 bits per heavy atom. The Balaban J connectivity index is 1.76. The van der Waals surface area contributed by atoms with E-state index in [1.165, 1.54) is 15.7 Å². The first-order chi connectivity index (χ1) is 10.2. The topological polar surface area (TPSA) is 92.7 Å². The number of aliphatic hydroxyl groups excluding tert-OH is 1. The van der Waals surface area contributed by atoms with Gasteiger partial charge >= 0.3 is 5.82 Å². The summed E-state index contributed by atoms with van der Waals surface area (Å²) in [6, 6.07) is 0. The van der Waals surface area contributed by atoms with Gasteiger partial charge in [-0.15, -0.1) is 0 Å². The molecule has 0 radical (unpaired) electrons. The summed E-state index contributed by atoms with van der Waals surface area (Å²) in [6.07, 6.45) is 6.05. The molecule has 2 aromatic rings. The summed E-state index contributed by atoms with van der Waals surface area (Å²) < 4.78 is 1.50. The van der Waals surface area contributed by atoms with E-state index in [1.807, 2.05) is 0 Å². The van der Waals surface area contributed by atoms with E-state index in [1.54, 1.807) is 11.6 Å². The molecule has 1 fully saturated rings. The molecule has 0 aliphatic heterocycles. The van der Waals surface area contributed by atoms with Crippen molar-refractivity contribution in [2.24, 2.45) is 11.8 Å². The van der Waals surface area contributed by atoms with Crippen molar-refractivity contribution in [2.45, 2.75) is 25.7 Å². The van der Waals surface area contributed by atoms with Crippen molar-refractivity contribution < 1.29 is 10.0 Å². The van der Waals surface area contributed by atoms with Gasteiger partial charge in [0.1, 0.15) is 6.20 Å². The molecule has 0 bridgehead atoms. The van der Waals surface area contributed by atoms with Crippen LogP contribution in [0.4, 0.5) is 11.6 Å². The number of hydrogen-bond acceptors (Lipinski definition) is 6. The molecular weight excluding hydrogens is 292 g/mol. The number of anilines is 1. The monoisotopic (exact) mass is 310 g/mol. The normalized spacial score (nSPS) is 22.5. The van der Waals surface area contributed by atoms with Crippen LogP contribution in [0.25, 0.3) is 4.96 Å². The van der Waals surface area contributed by atoms with Crippen molar-refractivity contribution in [2.75, 3.05) is 18.5 Å². The molecule has 2 unspecified atom stereocenters. The summed E-state index contributed by atoms with van der Waals surface area (Å²) in [7, 11) is 0. The smallest absolute Gasteiger partial charge is 0.372 e. The number of hydrogen-bond donors (Lipinski definition) is 2. The number of aromatic nitrogens is 2. The van der Waals surface area contributed by atoms with E-state index >= 15 is 0 Å². The number of fused-ring (bicyclic) bond motifs is 1. The van der Waals surface area contributed by atoms with Gasteiger partial charge in [0, 0.05) is 18.5 Å². The highest BCUT2D eigenvalue weighted by Crippen LogP contribution is 2.32. The van der Waals surface area contributed by atoms with Gasteiger partial charge in [0.25, 0.3) is 4.96 Å². The number of nitro groups is 1. The highest BCUT2D eigenvalue weighted by atomic mass is 32.1. The molecule has 0 spiro atoms. The SMILES string of the molecule is O=[N+]([O-])c1c(NCC2CCCCC2CO)nc2sccn12. The van der Waals surface area contributed by atoms with Crippen molar-refractivity contribution in [1.82, 2.24) is 9.38 Å². The predicted molar refractivity (Wildman–Crippen MR) is 80.7 cm³/mol. The lowest BCUT2D eigenvalue weighted by atomic mass is 9.79. The third-order valence-corrected chi connectivity index (χ3v) is 5.00. The first-order valence-corrected chi connectivity index (χ1v) is 8.03. The van der Waals surface area contributed by atoms with Crippen molar-refractivity contribution in [3.8, 4) is 0 Å². The average Bonchev–Trinajstić information content (AvgIpc) is 3.05. The van der Waals surface area contributed by atoms with Crippen LogP contribution in [0.1, 0.15) is 25.7 Å². The molecule has 2 atom stereocenters. The zero-order valence-corrected chi connectivity index (χ0v) is 12.4. The molecule has 8 heteroatoms. The second-order valence-electron chi connectivity index (χ2n) is 5.46. The summed E-state index contributed by atoms with van der Waals surface area (Å²) in [5.41, 5.74) is 0. The number of aliphatic hydroxyl groups is 1. The van der Waals surface area contributed by atoms with Gasteiger partial charge in [-0.1, -0.05) is 24.2 Å². The van der Waals surface area contributed by atoms with Gasteiger partial charge in [0.2, 0.25) is 5.82 Å². The molecule has 114 valence electrons. The van der Waals surface area contributed by atoms with Crippen LogP contribution in [0.5, 0.6) is 0 Å². The number of rotatable bonds is 5. The van der Waals surface area contributed by atoms with Gasteiger partial charge < -0.3 is 20.5 Å². The summed E-state index contributed by atoms with van der Waals surface area (Å²) in [6.45, 7) is 0.809. The molecule has 1 aliphatic rings. The van der Waals surface area contributed by atoms with Crippen LogP contribution in [-0.4, -0.2) is 32.6 Å². The van der Waals surface area contributed by atoms with E-state index in [-0.39, 0.29) is 18.3 Å². The molecule has 21 heavy (non-hydrogen) atoms. The molecule has 0 amide bonds. The minimum atomic E-state index is -0.403. The summed E-state index contributed by atoms with van der Waals surface area (Å²) >= 11 is 1.37. The van der Waals surface area contributed by atoms with Crippen LogP contribution in [-0.2, 0) is 0 Å². The number of imidazole rings is 1. The molecule has 0 aromatic carbocycles. The van der Waals surface area contributed by atoms with E-state index < -0.39 is 4.92 Å². The lowest BCUT2D eigenvalue weighted by molar-refractivity contribution is -0.389. The number of nitrogens with zero attached hydrogens (tertiary/aromatic N) is 3. The zero-order valence-electron chi connectivity index (χ0n) is 11.6. The Labute approximate surface area is 125 Å². The van der Waals surface area contributed by atoms with Gasteiger partial charge in [-0.25, -0.2) is 0 Å². The first kappa shape index (κ1) is 14.3. The quantitative estimate of drug-likeness (QED) is 0.654. The Morgan fingerprint density at radius 2 is 2.24 bits per heavy atom. The van der Waals surface area contributed by atoms with Gasteiger partial charge in [-0.2, -0.15) is 9.38 Å². The van der Waals surface area contributed by atoms with Gasteiger partial charge in [0.05, 0.1) is 0 Å². The molecule has 2 aromatic heterocycles. The largest absolute Gasteiger partial charge is 0.396 e. The van der Waals surface area contributed by atoms with E-state index in [2.05, 4.69) is 10.3 Å². The summed E-state index contributed by atoms with van der Waals surface area (Å²) in [5, 5.41) is 25.6. The van der Waals surface area contributed by atoms with Crippen LogP contribution in [0, 0.1) is 22.0 Å². The second kappa shape index (κ2) is 5.98. The van der Waals surface area contributed by atoms with E-state index in [0.29, 0.717) is 23.2 Å². The first-order valence-electron chi connectivity index (χ1n) is 7.15. The second-order valence-corrected chi connectivity index (χ2v) is 6.34. The Kier molecular flexibility index (Phi) is 4.07. The average molecular weight is 310 g/mol. The molecule has 1 saturated carbocycles. The highest BCUT2D eigenvalue weighted by molar-refractivity contribution is 7.15. The minimum Gasteiger partial charge on any atom is -0.396 e. The van der Waals surface area contributed by atoms with Gasteiger partial charge in [-0.3, -0.25) is 0 Å². The summed E-state index contributed by atoms with van der Waals surface area (Å²) in [4.78, 5) is 15.7. The molecule has 2 N–H and O–H groups in total. The summed E-state index contributed by atoms with van der Waals surface area (Å²) in [5.74, 6) is 0.953. The van der Waals surface area contributed by atoms with E-state index in [0.717, 1.165) is 25.7 Å². The zero-order chi connectivity index (χ0) is 14.8. The number of nitrogens with one attached hydrogen (secondary N) is 1. The maximum absolute atomic E-state index is 11.2. The molecule has 1 aliphatic carbocycles. The van der Waals surface area contributed by atoms with Crippen LogP contribution in [0.3, 0.4) is 0 Å². The Bertz CT molecular complexity index is 638. The fraction of sp³-hybridized carbons (Fsp3) is 0.615. The van der Waals surface area contributed by atoms with E-state index in [4.69, 9.17) is 0 Å². The number of thiazole rings is 1. The van der Waals surface area contributed by atoms with Crippen LogP contribution < -0.4 is 5.32 Å². The lowest BCUT2D eigenvalue weighted by Gasteiger charge is -2.30. The maximum Gasteiger partial charge on any atom is 0.372 e. The Morgan fingerprint density at radius 1 is 1.48 bits per heavy atom. The maximum atomic E-state index is 11.2. The van der Waals surface area contributed by atoms with E-state index in [9.17, 15) is 15.2 Å². The van der Waals surface area contributed by atoms with Gasteiger partial charge in [-0.05, 0) is 29.6 Å². The van der Waals surface area contributed by atoms with Crippen LogP contribution in [0.2, 0.25) is 0 Å². The molecule has 3 rings (SSSR count). The van der Waals surface area contributed by atoms with Crippen LogP contribution >= 0.6 is 11.3 Å². The molecule has 2 heterocycles. The Hall–Kier alpha value is -1.67. The predicted octanol–water partition coefficient (Wildman–Crippen LogP) is 2.51. The van der Waals surface area contributed by atoms with Gasteiger partial charge in [0.15, 0.2) is 0 Å². The highest BCUT2D eigenvalue weighted by Gasteiger charge is 2.27. The minimum absolute atomic E-state index is 0.0115. The van der Waals surface area contributed by atoms with Crippen molar-refractivity contribution in [3.63, 3.8) is 0 Å². The fourth-order valence-electron chi connectivity index (χ4n) is 3.09. The lowest BCUT2D eigenvalue weighted by Crippen LogP contribution is -2.28. The third-order valence-electron chi connectivity index (χ3n) is 4.24. The van der Waals surface area contributed by atoms with Crippen LogP contribution in [0.15, 0.2) is 11.6 Å². The molecule has 0 saturated heterocycles. The van der Waals surface area contributed by atoms with Crippen molar-refractivity contribution in [1.29, 1.82) is 0 Å². The fourth-order valence-corrected chi connectivity index (χ4v) is 3.80. The standard InChI is InChI=1S/C13H18N4O3S/c18-8-10-4-2-1-3-9(10)7-14-11-12(17(19)20)16-5-6-21-13(16)15-11/h5-6,9-10,14,18H,1-4,7-8H2. The molecular formula is C13H18N4O3S. The third kappa shape index (κ3) is 2.73. The molecule has 7 nitrogen and oxygen atoms in total. The van der Waals surface area contributed by atoms with Crippen molar-refractivity contribution >= 4 is 27.9 Å².